The number of nitrogens with one attached hydrogen (secondary N) is 1. The molecule has 2 atom stereocenters. The van der Waals surface area contributed by atoms with Crippen LogP contribution in [0.2, 0.25) is 0 Å². The second-order valence-corrected chi connectivity index (χ2v) is 16.2. The third kappa shape index (κ3) is 38.4. The number of nitrogens with two attached hydrogens (primary N) is 1. The van der Waals surface area contributed by atoms with Crippen LogP contribution < -0.4 is 11.1 Å². The molecule has 0 aromatic rings. The first-order chi connectivity index (χ1) is 26.4. The maximum atomic E-state index is 12.8. The number of allylic oxidation sites excluding steroid dienone is 2. The van der Waals surface area contributed by atoms with Gasteiger partial charge in [0.05, 0.1) is 0 Å². The number of ether oxygens (including phenoxy) is 1. The fourth-order valence-electron chi connectivity index (χ4n) is 7.27. The van der Waals surface area contributed by atoms with Gasteiger partial charge in [-0.05, 0) is 83.6 Å². The van der Waals surface area contributed by atoms with Gasteiger partial charge in [-0.15, -0.1) is 0 Å². The van der Waals surface area contributed by atoms with Crippen molar-refractivity contribution in [1.29, 1.82) is 0 Å². The fraction of sp³-hybridized carbons (Fsp3) is 0.894. The highest BCUT2D eigenvalue weighted by molar-refractivity contribution is 5.83. The van der Waals surface area contributed by atoms with Crippen molar-refractivity contribution in [2.24, 2.45) is 5.73 Å². The Morgan fingerprint density at radius 1 is 0.519 bits per heavy atom. The first-order valence-corrected chi connectivity index (χ1v) is 23.5. The third-order valence-corrected chi connectivity index (χ3v) is 10.8. The summed E-state index contributed by atoms with van der Waals surface area (Å²) >= 11 is 0. The molecule has 2 unspecified atom stereocenters. The number of carboxylic acids is 1. The normalized spacial score (nSPS) is 12.6. The van der Waals surface area contributed by atoms with E-state index in [0.717, 1.165) is 64.2 Å². The summed E-state index contributed by atoms with van der Waals surface area (Å²) in [5, 5.41) is 11.9. The number of carbonyl (C=O) groups is 3. The summed E-state index contributed by atoms with van der Waals surface area (Å²) in [6, 6.07) is -0.853. The van der Waals surface area contributed by atoms with Crippen molar-refractivity contribution >= 4 is 17.8 Å². The van der Waals surface area contributed by atoms with Crippen molar-refractivity contribution in [1.82, 2.24) is 5.32 Å². The number of esters is 1. The van der Waals surface area contributed by atoms with Gasteiger partial charge in [0.1, 0.15) is 12.1 Å². The molecule has 7 heteroatoms. The molecule has 7 nitrogen and oxygen atoms in total. The first kappa shape index (κ1) is 52.1. The second-order valence-electron chi connectivity index (χ2n) is 16.2. The van der Waals surface area contributed by atoms with E-state index in [-0.39, 0.29) is 18.0 Å². The van der Waals surface area contributed by atoms with Crippen LogP contribution in [-0.2, 0) is 19.1 Å². The van der Waals surface area contributed by atoms with Crippen molar-refractivity contribution in [3.63, 3.8) is 0 Å². The molecule has 0 bridgehead atoms. The van der Waals surface area contributed by atoms with Crippen molar-refractivity contribution in [2.45, 2.75) is 264 Å². The van der Waals surface area contributed by atoms with Crippen LogP contribution in [-0.4, -0.2) is 41.6 Å². The third-order valence-electron chi connectivity index (χ3n) is 10.8. The highest BCUT2D eigenvalue weighted by atomic mass is 16.5. The van der Waals surface area contributed by atoms with Gasteiger partial charge in [0.15, 0.2) is 0 Å². The number of unbranched alkanes of at least 4 members (excludes halogenated alkanes) is 27. The molecule has 0 spiro atoms. The van der Waals surface area contributed by atoms with E-state index >= 15 is 0 Å². The van der Waals surface area contributed by atoms with Crippen LogP contribution in [0.15, 0.2) is 12.2 Å². The monoisotopic (exact) mass is 763 g/mol. The molecule has 0 aliphatic carbocycles. The Morgan fingerprint density at radius 3 is 1.33 bits per heavy atom. The van der Waals surface area contributed by atoms with Gasteiger partial charge in [-0.25, -0.2) is 4.79 Å². The predicted molar refractivity (Wildman–Crippen MR) is 230 cm³/mol. The summed E-state index contributed by atoms with van der Waals surface area (Å²) in [6.07, 6.45) is 46.9. The molecule has 0 aliphatic rings. The molecular formula is C47H90N2O5. The minimum absolute atomic E-state index is 0.0186. The van der Waals surface area contributed by atoms with E-state index in [4.69, 9.17) is 10.5 Å². The highest BCUT2D eigenvalue weighted by Crippen LogP contribution is 2.19. The van der Waals surface area contributed by atoms with Crippen molar-refractivity contribution in [3.8, 4) is 0 Å². The quantitative estimate of drug-likeness (QED) is 0.0323. The van der Waals surface area contributed by atoms with E-state index in [1.54, 1.807) is 0 Å². The van der Waals surface area contributed by atoms with Crippen molar-refractivity contribution in [3.05, 3.63) is 12.2 Å². The standard InChI is InChI=1S/C47H90N2O5/c1-3-5-7-9-11-13-14-15-16-17-18-19-20-21-22-24-26-31-35-41-46(51)54-43(37-32-28-25-23-12-10-8-6-4-2)38-33-29-27-30-34-40-45(50)49-44(47(52)53)39-36-42-48/h15-16,43-44H,3-14,17-42,48H2,1-2H3,(H,49,50)(H,52,53)/b16-15-. The van der Waals surface area contributed by atoms with E-state index in [1.165, 1.54) is 148 Å². The lowest BCUT2D eigenvalue weighted by Crippen LogP contribution is -2.40. The van der Waals surface area contributed by atoms with E-state index < -0.39 is 12.0 Å². The molecule has 1 amide bonds. The van der Waals surface area contributed by atoms with Gasteiger partial charge in [0.2, 0.25) is 5.91 Å². The van der Waals surface area contributed by atoms with E-state index in [9.17, 15) is 19.5 Å². The van der Waals surface area contributed by atoms with Gasteiger partial charge >= 0.3 is 11.9 Å². The number of hydrogen-bond donors (Lipinski definition) is 3. The van der Waals surface area contributed by atoms with Crippen molar-refractivity contribution in [2.75, 3.05) is 6.54 Å². The molecule has 0 saturated heterocycles. The zero-order valence-corrected chi connectivity index (χ0v) is 35.8. The molecule has 0 aromatic heterocycles. The average molecular weight is 763 g/mol. The molecule has 4 N–H and O–H groups in total. The van der Waals surface area contributed by atoms with Crippen LogP contribution in [0.3, 0.4) is 0 Å². The summed E-state index contributed by atoms with van der Waals surface area (Å²) in [5.41, 5.74) is 5.49. The topological polar surface area (TPSA) is 119 Å². The lowest BCUT2D eigenvalue weighted by Gasteiger charge is -2.18. The summed E-state index contributed by atoms with van der Waals surface area (Å²) in [6.45, 7) is 4.95. The Balaban J connectivity index is 4.15. The molecule has 54 heavy (non-hydrogen) atoms. The van der Waals surface area contributed by atoms with Gasteiger partial charge < -0.3 is 20.9 Å². The van der Waals surface area contributed by atoms with Gasteiger partial charge in [0, 0.05) is 12.8 Å². The number of carbonyl (C=O) groups excluding carboxylic acids is 2. The predicted octanol–water partition coefficient (Wildman–Crippen LogP) is 13.5. The zero-order chi connectivity index (χ0) is 39.6. The molecule has 0 aliphatic heterocycles. The Bertz CT molecular complexity index is 863. The molecule has 318 valence electrons. The fourth-order valence-corrected chi connectivity index (χ4v) is 7.27. The van der Waals surface area contributed by atoms with E-state index in [2.05, 4.69) is 31.3 Å². The summed E-state index contributed by atoms with van der Waals surface area (Å²) in [4.78, 5) is 36.4. The lowest BCUT2D eigenvalue weighted by molar-refractivity contribution is -0.150. The summed E-state index contributed by atoms with van der Waals surface area (Å²) < 4.78 is 6.05. The van der Waals surface area contributed by atoms with E-state index in [1.807, 2.05) is 0 Å². The molecule has 0 fully saturated rings. The van der Waals surface area contributed by atoms with Gasteiger partial charge in [-0.3, -0.25) is 9.59 Å². The lowest BCUT2D eigenvalue weighted by atomic mass is 10.0. The van der Waals surface area contributed by atoms with Crippen LogP contribution in [0.5, 0.6) is 0 Å². The second kappa shape index (κ2) is 42.3. The Morgan fingerprint density at radius 2 is 0.907 bits per heavy atom. The average Bonchev–Trinajstić information content (AvgIpc) is 3.16. The Labute approximate surface area is 334 Å². The van der Waals surface area contributed by atoms with Crippen molar-refractivity contribution < 1.29 is 24.2 Å². The minimum Gasteiger partial charge on any atom is -0.480 e. The molecule has 0 saturated carbocycles. The summed E-state index contributed by atoms with van der Waals surface area (Å²) in [7, 11) is 0. The van der Waals surface area contributed by atoms with Gasteiger partial charge in [-0.1, -0.05) is 174 Å². The molecule has 0 rings (SSSR count). The van der Waals surface area contributed by atoms with Crippen LogP contribution in [0.25, 0.3) is 0 Å². The molecule has 0 heterocycles. The SMILES string of the molecule is CCCCCCCC/C=C\CCCCCCCCCCCC(=O)OC(CCCCCCCCCCC)CCCCCCCC(=O)NC(CCCN)C(=O)O. The maximum Gasteiger partial charge on any atom is 0.326 e. The first-order valence-electron chi connectivity index (χ1n) is 23.5. The van der Waals surface area contributed by atoms with Crippen LogP contribution in [0.1, 0.15) is 251 Å². The number of hydrogen-bond acceptors (Lipinski definition) is 5. The zero-order valence-electron chi connectivity index (χ0n) is 35.8. The van der Waals surface area contributed by atoms with E-state index in [0.29, 0.717) is 32.2 Å². The van der Waals surface area contributed by atoms with Gasteiger partial charge in [0.25, 0.3) is 0 Å². The minimum atomic E-state index is -1.00. The number of aliphatic carboxylic acids is 1. The Hall–Kier alpha value is -1.89. The largest absolute Gasteiger partial charge is 0.480 e. The molecule has 0 radical (unpaired) electrons. The van der Waals surface area contributed by atoms with Crippen LogP contribution >= 0.6 is 0 Å². The molecule has 0 aromatic carbocycles. The number of carboxylic acid groups (broad SMARTS) is 1. The highest BCUT2D eigenvalue weighted by Gasteiger charge is 2.19. The summed E-state index contributed by atoms with van der Waals surface area (Å²) in [5.74, 6) is -1.22. The van der Waals surface area contributed by atoms with Crippen LogP contribution in [0.4, 0.5) is 0 Å². The maximum absolute atomic E-state index is 12.8. The number of rotatable bonds is 43. The smallest absolute Gasteiger partial charge is 0.326 e. The molecular weight excluding hydrogens is 673 g/mol. The number of amides is 1. The van der Waals surface area contributed by atoms with Crippen LogP contribution in [0, 0.1) is 0 Å². The Kier molecular flexibility index (Phi) is 40.8. The van der Waals surface area contributed by atoms with Gasteiger partial charge in [-0.2, -0.15) is 0 Å².